The van der Waals surface area contributed by atoms with Gasteiger partial charge in [0.15, 0.2) is 0 Å². The van der Waals surface area contributed by atoms with Crippen molar-refractivity contribution in [3.8, 4) is 11.1 Å². The van der Waals surface area contributed by atoms with Crippen LogP contribution in [0.4, 0.5) is 4.39 Å². The van der Waals surface area contributed by atoms with Crippen LogP contribution in [0.3, 0.4) is 0 Å². The number of halogens is 2. The average Bonchev–Trinajstić information content (AvgIpc) is 3.23. The summed E-state index contributed by atoms with van der Waals surface area (Å²) in [5.41, 5.74) is 2.73. The van der Waals surface area contributed by atoms with Crippen LogP contribution in [-0.4, -0.2) is 7.05 Å². The van der Waals surface area contributed by atoms with Gasteiger partial charge in [-0.25, -0.2) is 4.39 Å². The lowest BCUT2D eigenvalue weighted by molar-refractivity contribution is 0.585. The van der Waals surface area contributed by atoms with E-state index in [4.69, 9.17) is 11.6 Å². The van der Waals surface area contributed by atoms with E-state index in [0.29, 0.717) is 10.6 Å². The predicted octanol–water partition coefficient (Wildman–Crippen LogP) is 4.35. The Morgan fingerprint density at radius 3 is 2.63 bits per heavy atom. The van der Waals surface area contributed by atoms with Crippen molar-refractivity contribution >= 4 is 11.6 Å². The Hall–Kier alpha value is -1.38. The lowest BCUT2D eigenvalue weighted by Gasteiger charge is -2.16. The number of hydrogen-bond donors (Lipinski definition) is 1. The molecule has 2 aromatic rings. The summed E-state index contributed by atoms with van der Waals surface area (Å²) in [5.74, 6) is -0.240. The minimum absolute atomic E-state index is 0.0884. The van der Waals surface area contributed by atoms with Crippen molar-refractivity contribution in [2.75, 3.05) is 7.05 Å². The molecule has 2 aromatic carbocycles. The van der Waals surface area contributed by atoms with E-state index >= 15 is 0 Å². The van der Waals surface area contributed by atoms with Gasteiger partial charge >= 0.3 is 0 Å². The molecule has 0 spiro atoms. The van der Waals surface area contributed by atoms with Crippen LogP contribution >= 0.6 is 11.6 Å². The molecule has 0 atom stereocenters. The Bertz CT molecular complexity index is 620. The fourth-order valence-corrected chi connectivity index (χ4v) is 2.68. The van der Waals surface area contributed by atoms with E-state index in [1.807, 2.05) is 19.2 Å². The summed E-state index contributed by atoms with van der Waals surface area (Å²) >= 11 is 5.96. The zero-order valence-electron chi connectivity index (χ0n) is 10.7. The molecule has 1 nitrogen and oxygen atoms in total. The SMILES string of the molecule is CNC1(c2cccc(-c3cc(Cl)ccc3F)c2)CC1. The fourth-order valence-electron chi connectivity index (χ4n) is 2.51. The van der Waals surface area contributed by atoms with Gasteiger partial charge in [0, 0.05) is 16.1 Å². The largest absolute Gasteiger partial charge is 0.310 e. The van der Waals surface area contributed by atoms with Crippen LogP contribution in [0.15, 0.2) is 42.5 Å². The molecule has 0 saturated heterocycles. The van der Waals surface area contributed by atoms with Crippen LogP contribution in [-0.2, 0) is 5.54 Å². The first kappa shape index (κ1) is 12.6. The second-order valence-electron chi connectivity index (χ2n) is 5.04. The summed E-state index contributed by atoms with van der Waals surface area (Å²) in [6.07, 6.45) is 2.26. The second kappa shape index (κ2) is 4.62. The summed E-state index contributed by atoms with van der Waals surface area (Å²) in [4.78, 5) is 0. The zero-order valence-corrected chi connectivity index (χ0v) is 11.5. The smallest absolute Gasteiger partial charge is 0.131 e. The Labute approximate surface area is 117 Å². The molecule has 1 aliphatic carbocycles. The first-order valence-electron chi connectivity index (χ1n) is 6.39. The molecule has 0 bridgehead atoms. The summed E-state index contributed by atoms with van der Waals surface area (Å²) < 4.78 is 13.9. The lowest BCUT2D eigenvalue weighted by Crippen LogP contribution is -2.24. The van der Waals surface area contributed by atoms with Crippen molar-refractivity contribution < 1.29 is 4.39 Å². The minimum Gasteiger partial charge on any atom is -0.310 e. The maximum atomic E-state index is 13.9. The molecular formula is C16H15ClFN. The van der Waals surface area contributed by atoms with Gasteiger partial charge in [-0.3, -0.25) is 0 Å². The van der Waals surface area contributed by atoms with E-state index < -0.39 is 0 Å². The van der Waals surface area contributed by atoms with E-state index in [9.17, 15) is 4.39 Å². The molecule has 0 heterocycles. The molecule has 3 rings (SSSR count). The van der Waals surface area contributed by atoms with Gasteiger partial charge in [-0.1, -0.05) is 29.8 Å². The summed E-state index contributed by atoms with van der Waals surface area (Å²) in [7, 11) is 1.97. The van der Waals surface area contributed by atoms with Crippen molar-refractivity contribution in [3.63, 3.8) is 0 Å². The third-order valence-electron chi connectivity index (χ3n) is 3.88. The van der Waals surface area contributed by atoms with Gasteiger partial charge in [0.1, 0.15) is 5.82 Å². The molecule has 98 valence electrons. The lowest BCUT2D eigenvalue weighted by atomic mass is 9.98. The van der Waals surface area contributed by atoms with Crippen LogP contribution < -0.4 is 5.32 Å². The van der Waals surface area contributed by atoms with E-state index in [1.54, 1.807) is 12.1 Å². The van der Waals surface area contributed by atoms with Crippen LogP contribution in [0.5, 0.6) is 0 Å². The highest BCUT2D eigenvalue weighted by molar-refractivity contribution is 6.30. The second-order valence-corrected chi connectivity index (χ2v) is 5.47. The Morgan fingerprint density at radius 1 is 1.16 bits per heavy atom. The number of hydrogen-bond acceptors (Lipinski definition) is 1. The van der Waals surface area contributed by atoms with Gasteiger partial charge in [-0.2, -0.15) is 0 Å². The fraction of sp³-hybridized carbons (Fsp3) is 0.250. The van der Waals surface area contributed by atoms with Crippen LogP contribution in [0.1, 0.15) is 18.4 Å². The van der Waals surface area contributed by atoms with Gasteiger partial charge in [0.25, 0.3) is 0 Å². The highest BCUT2D eigenvalue weighted by atomic mass is 35.5. The van der Waals surface area contributed by atoms with E-state index in [1.165, 1.54) is 11.6 Å². The van der Waals surface area contributed by atoms with Crippen LogP contribution in [0.2, 0.25) is 5.02 Å². The van der Waals surface area contributed by atoms with E-state index in [0.717, 1.165) is 18.4 Å². The topological polar surface area (TPSA) is 12.0 Å². The summed E-state index contributed by atoms with van der Waals surface area (Å²) in [5, 5.41) is 3.91. The molecular weight excluding hydrogens is 261 g/mol. The van der Waals surface area contributed by atoms with Gasteiger partial charge in [0.2, 0.25) is 0 Å². The average molecular weight is 276 g/mol. The van der Waals surface area contributed by atoms with Crippen molar-refractivity contribution in [1.29, 1.82) is 0 Å². The maximum Gasteiger partial charge on any atom is 0.131 e. The normalized spacial score (nSPS) is 16.4. The van der Waals surface area contributed by atoms with Crippen molar-refractivity contribution in [3.05, 3.63) is 58.9 Å². The minimum atomic E-state index is -0.240. The molecule has 1 aliphatic rings. The van der Waals surface area contributed by atoms with E-state index in [-0.39, 0.29) is 11.4 Å². The molecule has 0 aromatic heterocycles. The van der Waals surface area contributed by atoms with Gasteiger partial charge in [0.05, 0.1) is 0 Å². The number of nitrogens with one attached hydrogen (secondary N) is 1. The molecule has 0 radical (unpaired) electrons. The Balaban J connectivity index is 2.06. The monoisotopic (exact) mass is 275 g/mol. The molecule has 0 aliphatic heterocycles. The van der Waals surface area contributed by atoms with Crippen LogP contribution in [0.25, 0.3) is 11.1 Å². The zero-order chi connectivity index (χ0) is 13.5. The number of rotatable bonds is 3. The third kappa shape index (κ3) is 2.26. The first-order valence-corrected chi connectivity index (χ1v) is 6.77. The van der Waals surface area contributed by atoms with Gasteiger partial charge in [-0.15, -0.1) is 0 Å². The van der Waals surface area contributed by atoms with Crippen molar-refractivity contribution in [2.24, 2.45) is 0 Å². The van der Waals surface area contributed by atoms with Crippen molar-refractivity contribution in [2.45, 2.75) is 18.4 Å². The molecule has 19 heavy (non-hydrogen) atoms. The maximum absolute atomic E-state index is 13.9. The molecule has 1 saturated carbocycles. The van der Waals surface area contributed by atoms with Crippen molar-refractivity contribution in [1.82, 2.24) is 5.32 Å². The van der Waals surface area contributed by atoms with Crippen LogP contribution in [0, 0.1) is 5.82 Å². The molecule has 1 N–H and O–H groups in total. The highest BCUT2D eigenvalue weighted by Crippen LogP contribution is 2.45. The highest BCUT2D eigenvalue weighted by Gasteiger charge is 2.42. The predicted molar refractivity (Wildman–Crippen MR) is 76.8 cm³/mol. The standard InChI is InChI=1S/C16H15ClFN/c1-19-16(7-8-16)12-4-2-3-11(9-12)14-10-13(17)5-6-15(14)18/h2-6,9-10,19H,7-8H2,1H3. The molecule has 1 fully saturated rings. The Morgan fingerprint density at radius 2 is 1.95 bits per heavy atom. The van der Waals surface area contributed by atoms with E-state index in [2.05, 4.69) is 17.4 Å². The molecule has 0 unspecified atom stereocenters. The Kier molecular flexibility index (Phi) is 3.08. The molecule has 3 heteroatoms. The summed E-state index contributed by atoms with van der Waals surface area (Å²) in [6.45, 7) is 0. The summed E-state index contributed by atoms with van der Waals surface area (Å²) in [6, 6.07) is 12.7. The first-order chi connectivity index (χ1) is 9.14. The van der Waals surface area contributed by atoms with Gasteiger partial charge in [-0.05, 0) is 55.3 Å². The third-order valence-corrected chi connectivity index (χ3v) is 4.12. The number of benzene rings is 2. The van der Waals surface area contributed by atoms with Gasteiger partial charge < -0.3 is 5.32 Å². The quantitative estimate of drug-likeness (QED) is 0.878. The molecule has 0 amide bonds.